The Morgan fingerprint density at radius 2 is 1.45 bits per heavy atom. The standard InChI is InChI=1S/C21H17N/c1-15(2)16-12-13-21-19(14-16)18-10-6-7-11-20(18)22(21)17-8-4-3-5-9-17/h3-14H,1H2,2H3. The summed E-state index contributed by atoms with van der Waals surface area (Å²) in [6, 6.07) is 25.7. The zero-order chi connectivity index (χ0) is 15.1. The first kappa shape index (κ1) is 12.9. The summed E-state index contributed by atoms with van der Waals surface area (Å²) in [7, 11) is 0. The lowest BCUT2D eigenvalue weighted by Crippen LogP contribution is -1.92. The molecular weight excluding hydrogens is 266 g/mol. The van der Waals surface area contributed by atoms with Crippen molar-refractivity contribution in [1.29, 1.82) is 0 Å². The van der Waals surface area contributed by atoms with E-state index < -0.39 is 0 Å². The lowest BCUT2D eigenvalue weighted by atomic mass is 10.1. The number of fused-ring (bicyclic) bond motifs is 3. The van der Waals surface area contributed by atoms with Gasteiger partial charge in [0.1, 0.15) is 0 Å². The van der Waals surface area contributed by atoms with Gasteiger partial charge in [-0.3, -0.25) is 0 Å². The van der Waals surface area contributed by atoms with Crippen molar-refractivity contribution in [3.05, 3.63) is 84.9 Å². The van der Waals surface area contributed by atoms with Crippen molar-refractivity contribution in [2.75, 3.05) is 0 Å². The lowest BCUT2D eigenvalue weighted by molar-refractivity contribution is 1.18. The Morgan fingerprint density at radius 3 is 2.23 bits per heavy atom. The smallest absolute Gasteiger partial charge is 0.0541 e. The molecule has 0 aliphatic rings. The molecule has 0 fully saturated rings. The molecule has 0 radical (unpaired) electrons. The third kappa shape index (κ3) is 1.86. The van der Waals surface area contributed by atoms with Crippen molar-refractivity contribution in [2.24, 2.45) is 0 Å². The Balaban J connectivity index is 2.17. The lowest BCUT2D eigenvalue weighted by Gasteiger charge is -2.07. The van der Waals surface area contributed by atoms with Gasteiger partial charge in [-0.15, -0.1) is 0 Å². The normalized spacial score (nSPS) is 11.1. The second-order valence-electron chi connectivity index (χ2n) is 5.70. The first-order chi connectivity index (χ1) is 10.8. The molecule has 4 aromatic rings. The predicted octanol–water partition coefficient (Wildman–Crippen LogP) is 5.82. The molecule has 4 rings (SSSR count). The largest absolute Gasteiger partial charge is 0.309 e. The van der Waals surface area contributed by atoms with Crippen LogP contribution in [0.5, 0.6) is 0 Å². The van der Waals surface area contributed by atoms with Gasteiger partial charge in [0.15, 0.2) is 0 Å². The Bertz CT molecular complexity index is 990. The molecule has 1 heterocycles. The van der Waals surface area contributed by atoms with Gasteiger partial charge in [0.25, 0.3) is 0 Å². The first-order valence-electron chi connectivity index (χ1n) is 7.50. The average molecular weight is 283 g/mol. The minimum atomic E-state index is 1.10. The second-order valence-corrected chi connectivity index (χ2v) is 5.70. The summed E-state index contributed by atoms with van der Waals surface area (Å²) < 4.78 is 2.33. The highest BCUT2D eigenvalue weighted by Gasteiger charge is 2.12. The van der Waals surface area contributed by atoms with Crippen LogP contribution in [-0.2, 0) is 0 Å². The predicted molar refractivity (Wildman–Crippen MR) is 95.5 cm³/mol. The number of rotatable bonds is 2. The highest BCUT2D eigenvalue weighted by atomic mass is 15.0. The molecule has 0 aliphatic carbocycles. The van der Waals surface area contributed by atoms with Crippen molar-refractivity contribution in [2.45, 2.75) is 6.92 Å². The summed E-state index contributed by atoms with van der Waals surface area (Å²) in [5.41, 5.74) is 5.96. The van der Waals surface area contributed by atoms with E-state index >= 15 is 0 Å². The number of nitrogens with zero attached hydrogens (tertiary/aromatic N) is 1. The van der Waals surface area contributed by atoms with Crippen LogP contribution in [0.4, 0.5) is 0 Å². The zero-order valence-electron chi connectivity index (χ0n) is 12.6. The van der Waals surface area contributed by atoms with Gasteiger partial charge < -0.3 is 4.57 Å². The minimum absolute atomic E-state index is 1.10. The summed E-state index contributed by atoms with van der Waals surface area (Å²) in [6.07, 6.45) is 0. The van der Waals surface area contributed by atoms with E-state index in [0.29, 0.717) is 0 Å². The van der Waals surface area contributed by atoms with Crippen LogP contribution in [0.3, 0.4) is 0 Å². The fraction of sp³-hybridized carbons (Fsp3) is 0.0476. The van der Waals surface area contributed by atoms with Crippen molar-refractivity contribution < 1.29 is 0 Å². The quantitative estimate of drug-likeness (QED) is 0.437. The molecule has 0 saturated carbocycles. The van der Waals surface area contributed by atoms with E-state index in [2.05, 4.69) is 90.9 Å². The van der Waals surface area contributed by atoms with Gasteiger partial charge in [0.05, 0.1) is 11.0 Å². The highest BCUT2D eigenvalue weighted by molar-refractivity contribution is 6.10. The number of aromatic nitrogens is 1. The number of hydrogen-bond acceptors (Lipinski definition) is 0. The monoisotopic (exact) mass is 283 g/mol. The van der Waals surface area contributed by atoms with Crippen LogP contribution in [0.25, 0.3) is 33.1 Å². The SMILES string of the molecule is C=C(C)c1ccc2c(c1)c1ccccc1n2-c1ccccc1. The molecule has 1 nitrogen and oxygen atoms in total. The van der Waals surface area contributed by atoms with E-state index in [1.807, 2.05) is 0 Å². The maximum absolute atomic E-state index is 4.07. The maximum atomic E-state index is 4.07. The number of hydrogen-bond donors (Lipinski definition) is 0. The molecule has 0 bridgehead atoms. The van der Waals surface area contributed by atoms with E-state index in [4.69, 9.17) is 0 Å². The Kier molecular flexibility index (Phi) is 2.87. The van der Waals surface area contributed by atoms with Gasteiger partial charge in [-0.1, -0.05) is 54.6 Å². The van der Waals surface area contributed by atoms with Crippen molar-refractivity contribution in [1.82, 2.24) is 4.57 Å². The average Bonchev–Trinajstić information content (AvgIpc) is 2.89. The number of benzene rings is 3. The van der Waals surface area contributed by atoms with Crippen molar-refractivity contribution >= 4 is 27.4 Å². The molecule has 22 heavy (non-hydrogen) atoms. The number of para-hydroxylation sites is 2. The third-order valence-corrected chi connectivity index (χ3v) is 4.18. The highest BCUT2D eigenvalue weighted by Crippen LogP contribution is 2.33. The van der Waals surface area contributed by atoms with Gasteiger partial charge in [-0.25, -0.2) is 0 Å². The van der Waals surface area contributed by atoms with Crippen LogP contribution in [0.1, 0.15) is 12.5 Å². The molecule has 0 saturated heterocycles. The molecule has 1 aromatic heterocycles. The topological polar surface area (TPSA) is 4.93 Å². The molecular formula is C21H17N. The fourth-order valence-corrected chi connectivity index (χ4v) is 3.09. The fourth-order valence-electron chi connectivity index (χ4n) is 3.09. The van der Waals surface area contributed by atoms with E-state index in [1.165, 1.54) is 33.1 Å². The summed E-state index contributed by atoms with van der Waals surface area (Å²) in [6.45, 7) is 6.12. The molecule has 0 unspecified atom stereocenters. The Labute approximate surface area is 130 Å². The molecule has 0 spiro atoms. The van der Waals surface area contributed by atoms with Crippen LogP contribution < -0.4 is 0 Å². The molecule has 0 aliphatic heterocycles. The molecule has 0 atom stereocenters. The van der Waals surface area contributed by atoms with Crippen molar-refractivity contribution in [3.63, 3.8) is 0 Å². The van der Waals surface area contributed by atoms with Crippen LogP contribution in [0, 0.1) is 0 Å². The minimum Gasteiger partial charge on any atom is -0.309 e. The van der Waals surface area contributed by atoms with Gasteiger partial charge in [0, 0.05) is 16.5 Å². The molecule has 0 amide bonds. The molecule has 0 N–H and O–H groups in total. The van der Waals surface area contributed by atoms with E-state index in [1.54, 1.807) is 0 Å². The molecule has 1 heteroatoms. The van der Waals surface area contributed by atoms with E-state index in [0.717, 1.165) is 5.57 Å². The maximum Gasteiger partial charge on any atom is 0.0541 e. The zero-order valence-corrected chi connectivity index (χ0v) is 12.6. The summed E-state index contributed by atoms with van der Waals surface area (Å²) >= 11 is 0. The van der Waals surface area contributed by atoms with Gasteiger partial charge in [0.2, 0.25) is 0 Å². The van der Waals surface area contributed by atoms with Gasteiger partial charge in [-0.05, 0) is 42.8 Å². The number of allylic oxidation sites excluding steroid dienone is 1. The van der Waals surface area contributed by atoms with E-state index in [-0.39, 0.29) is 0 Å². The third-order valence-electron chi connectivity index (χ3n) is 4.18. The van der Waals surface area contributed by atoms with Crippen LogP contribution in [0.15, 0.2) is 79.4 Å². The molecule has 106 valence electrons. The van der Waals surface area contributed by atoms with Crippen LogP contribution >= 0.6 is 0 Å². The first-order valence-corrected chi connectivity index (χ1v) is 7.50. The molecule has 3 aromatic carbocycles. The van der Waals surface area contributed by atoms with Crippen molar-refractivity contribution in [3.8, 4) is 5.69 Å². The van der Waals surface area contributed by atoms with Crippen LogP contribution in [-0.4, -0.2) is 4.57 Å². The van der Waals surface area contributed by atoms with Gasteiger partial charge in [-0.2, -0.15) is 0 Å². The van der Waals surface area contributed by atoms with Crippen LogP contribution in [0.2, 0.25) is 0 Å². The summed E-state index contributed by atoms with van der Waals surface area (Å²) in [4.78, 5) is 0. The Hall–Kier alpha value is -2.80. The Morgan fingerprint density at radius 1 is 0.773 bits per heavy atom. The van der Waals surface area contributed by atoms with Gasteiger partial charge >= 0.3 is 0 Å². The summed E-state index contributed by atoms with van der Waals surface area (Å²) in [5.74, 6) is 0. The van der Waals surface area contributed by atoms with E-state index in [9.17, 15) is 0 Å². The summed E-state index contributed by atoms with van der Waals surface area (Å²) in [5, 5.41) is 2.56. The second kappa shape index (κ2) is 4.88.